The third kappa shape index (κ3) is 3.33. The third-order valence-corrected chi connectivity index (χ3v) is 6.02. The van der Waals surface area contributed by atoms with E-state index in [9.17, 15) is 4.39 Å². The quantitative estimate of drug-likeness (QED) is 0.570. The molecular weight excluding hydrogens is 377 g/mol. The van der Waals surface area contributed by atoms with Crippen LogP contribution in [0, 0.1) is 5.82 Å². The molecule has 5 nitrogen and oxygen atoms in total. The molecule has 1 aliphatic rings. The molecule has 30 heavy (non-hydrogen) atoms. The van der Waals surface area contributed by atoms with E-state index in [-0.39, 0.29) is 5.82 Å². The summed E-state index contributed by atoms with van der Waals surface area (Å²) in [7, 11) is 0. The Morgan fingerprint density at radius 1 is 0.967 bits per heavy atom. The summed E-state index contributed by atoms with van der Waals surface area (Å²) in [4.78, 5) is 13.4. The minimum Gasteiger partial charge on any atom is -0.345 e. The van der Waals surface area contributed by atoms with Gasteiger partial charge in [-0.25, -0.2) is 14.4 Å². The van der Waals surface area contributed by atoms with Crippen LogP contribution in [0.3, 0.4) is 0 Å². The third-order valence-electron chi connectivity index (χ3n) is 6.02. The summed E-state index contributed by atoms with van der Waals surface area (Å²) in [5.41, 5.74) is 3.94. The van der Waals surface area contributed by atoms with Crippen LogP contribution >= 0.6 is 0 Å². The first-order valence-corrected chi connectivity index (χ1v) is 10.5. The van der Waals surface area contributed by atoms with E-state index >= 15 is 0 Å². The van der Waals surface area contributed by atoms with Gasteiger partial charge in [0, 0.05) is 17.4 Å². The number of halogens is 1. The van der Waals surface area contributed by atoms with Crippen molar-refractivity contribution in [2.75, 3.05) is 37.6 Å². The van der Waals surface area contributed by atoms with Gasteiger partial charge in [-0.1, -0.05) is 30.3 Å². The Morgan fingerprint density at radius 2 is 1.70 bits per heavy atom. The Hall–Kier alpha value is -3.25. The van der Waals surface area contributed by atoms with E-state index in [1.54, 1.807) is 23.4 Å². The van der Waals surface area contributed by atoms with Crippen LogP contribution in [0.2, 0.25) is 0 Å². The van der Waals surface area contributed by atoms with E-state index in [2.05, 4.69) is 35.1 Å². The van der Waals surface area contributed by atoms with Crippen molar-refractivity contribution in [3.63, 3.8) is 0 Å². The molecule has 1 fully saturated rings. The van der Waals surface area contributed by atoms with Crippen LogP contribution in [0.1, 0.15) is 6.92 Å². The summed E-state index contributed by atoms with van der Waals surface area (Å²) in [5.74, 6) is 0.736. The molecular formula is C24H25FN5+. The van der Waals surface area contributed by atoms with Gasteiger partial charge in [0.2, 0.25) is 0 Å². The average molecular weight is 402 g/mol. The molecule has 152 valence electrons. The second kappa shape index (κ2) is 7.88. The standard InChI is InChI=1S/C24H24FN5/c1-2-28-12-14-29(15-13-28)23-22-21(18-6-4-3-5-7-18)16-30(24(22)27-17-26-23)20-10-8-19(25)9-11-20/h3-11,16-17H,2,12-15H2,1H3/p+1. The van der Waals surface area contributed by atoms with Gasteiger partial charge in [-0.15, -0.1) is 0 Å². The second-order valence-electron chi connectivity index (χ2n) is 7.74. The number of likely N-dealkylation sites (N-methyl/N-ethyl adjacent to an activating group) is 1. The minimum atomic E-state index is -0.245. The van der Waals surface area contributed by atoms with Crippen LogP contribution in [0.4, 0.5) is 10.2 Å². The maximum atomic E-state index is 13.5. The van der Waals surface area contributed by atoms with Crippen molar-refractivity contribution in [1.29, 1.82) is 0 Å². The lowest BCUT2D eigenvalue weighted by molar-refractivity contribution is -0.898. The first-order chi connectivity index (χ1) is 14.7. The molecule has 0 unspecified atom stereocenters. The normalized spacial score (nSPS) is 15.1. The molecule has 1 N–H and O–H groups in total. The summed E-state index contributed by atoms with van der Waals surface area (Å²) in [6.45, 7) is 7.58. The van der Waals surface area contributed by atoms with Crippen LogP contribution < -0.4 is 9.80 Å². The van der Waals surface area contributed by atoms with Crippen LogP contribution in [0.15, 0.2) is 67.1 Å². The predicted molar refractivity (Wildman–Crippen MR) is 118 cm³/mol. The topological polar surface area (TPSA) is 38.4 Å². The van der Waals surface area contributed by atoms with Crippen molar-refractivity contribution >= 4 is 16.9 Å². The summed E-state index contributed by atoms with van der Waals surface area (Å²) < 4.78 is 15.5. The van der Waals surface area contributed by atoms with Crippen molar-refractivity contribution in [3.05, 3.63) is 72.9 Å². The number of hydrogen-bond donors (Lipinski definition) is 1. The predicted octanol–water partition coefficient (Wildman–Crippen LogP) is 2.95. The minimum absolute atomic E-state index is 0.245. The van der Waals surface area contributed by atoms with Crippen molar-refractivity contribution < 1.29 is 9.29 Å². The highest BCUT2D eigenvalue weighted by atomic mass is 19.1. The molecule has 1 aliphatic heterocycles. The van der Waals surface area contributed by atoms with Crippen molar-refractivity contribution in [2.45, 2.75) is 6.92 Å². The van der Waals surface area contributed by atoms with E-state index in [0.717, 1.165) is 66.4 Å². The average Bonchev–Trinajstić information content (AvgIpc) is 3.20. The molecule has 2 aromatic carbocycles. The molecule has 0 amide bonds. The molecule has 1 saturated heterocycles. The molecule has 0 bridgehead atoms. The van der Waals surface area contributed by atoms with Gasteiger partial charge in [0.05, 0.1) is 38.1 Å². The van der Waals surface area contributed by atoms with Crippen molar-refractivity contribution in [3.8, 4) is 16.8 Å². The highest BCUT2D eigenvalue weighted by Crippen LogP contribution is 2.36. The largest absolute Gasteiger partial charge is 0.345 e. The number of fused-ring (bicyclic) bond motifs is 1. The fraction of sp³-hybridized carbons (Fsp3) is 0.250. The molecule has 0 saturated carbocycles. The van der Waals surface area contributed by atoms with E-state index in [4.69, 9.17) is 4.98 Å². The second-order valence-corrected chi connectivity index (χ2v) is 7.74. The first-order valence-electron chi connectivity index (χ1n) is 10.5. The number of nitrogens with zero attached hydrogens (tertiary/aromatic N) is 4. The molecule has 0 radical (unpaired) electrons. The van der Waals surface area contributed by atoms with E-state index in [0.29, 0.717) is 0 Å². The van der Waals surface area contributed by atoms with Crippen LogP contribution in [0.5, 0.6) is 0 Å². The summed E-state index contributed by atoms with van der Waals surface area (Å²) >= 11 is 0. The van der Waals surface area contributed by atoms with Gasteiger partial charge in [0.25, 0.3) is 0 Å². The fourth-order valence-electron chi connectivity index (χ4n) is 4.31. The van der Waals surface area contributed by atoms with Gasteiger partial charge < -0.3 is 14.4 Å². The van der Waals surface area contributed by atoms with Gasteiger partial charge in [0.1, 0.15) is 18.0 Å². The number of anilines is 1. The lowest BCUT2D eigenvalue weighted by Crippen LogP contribution is -3.14. The molecule has 0 aliphatic carbocycles. The van der Waals surface area contributed by atoms with Gasteiger partial charge in [0.15, 0.2) is 5.65 Å². The molecule has 2 aromatic heterocycles. The van der Waals surface area contributed by atoms with E-state index in [1.807, 2.05) is 22.8 Å². The number of rotatable bonds is 4. The highest BCUT2D eigenvalue weighted by Gasteiger charge is 2.25. The van der Waals surface area contributed by atoms with Crippen LogP contribution in [-0.2, 0) is 0 Å². The van der Waals surface area contributed by atoms with Crippen LogP contribution in [0.25, 0.3) is 27.8 Å². The van der Waals surface area contributed by atoms with Gasteiger partial charge >= 0.3 is 0 Å². The molecule has 5 rings (SSSR count). The maximum Gasteiger partial charge on any atom is 0.150 e. The zero-order valence-electron chi connectivity index (χ0n) is 17.1. The summed E-state index contributed by atoms with van der Waals surface area (Å²) in [5, 5.41) is 1.05. The maximum absolute atomic E-state index is 13.5. The summed E-state index contributed by atoms with van der Waals surface area (Å²) in [6.07, 6.45) is 3.74. The van der Waals surface area contributed by atoms with Crippen LogP contribution in [-0.4, -0.2) is 47.3 Å². The van der Waals surface area contributed by atoms with Gasteiger partial charge in [-0.3, -0.25) is 0 Å². The van der Waals surface area contributed by atoms with E-state index in [1.165, 1.54) is 12.1 Å². The molecule has 0 atom stereocenters. The number of hydrogen-bond acceptors (Lipinski definition) is 3. The molecule has 0 spiro atoms. The Bertz CT molecular complexity index is 1150. The van der Waals surface area contributed by atoms with Gasteiger partial charge in [-0.05, 0) is 36.8 Å². The lowest BCUT2D eigenvalue weighted by atomic mass is 10.1. The Labute approximate surface area is 175 Å². The number of piperazine rings is 1. The number of benzene rings is 2. The molecule has 3 heterocycles. The zero-order valence-corrected chi connectivity index (χ0v) is 17.1. The fourth-order valence-corrected chi connectivity index (χ4v) is 4.31. The summed E-state index contributed by atoms with van der Waals surface area (Å²) in [6, 6.07) is 16.9. The Morgan fingerprint density at radius 3 is 2.40 bits per heavy atom. The van der Waals surface area contributed by atoms with Crippen molar-refractivity contribution in [1.82, 2.24) is 14.5 Å². The zero-order chi connectivity index (χ0) is 20.5. The van der Waals surface area contributed by atoms with Gasteiger partial charge in [-0.2, -0.15) is 0 Å². The van der Waals surface area contributed by atoms with E-state index < -0.39 is 0 Å². The Balaban J connectivity index is 1.69. The monoisotopic (exact) mass is 402 g/mol. The SMILES string of the molecule is CC[NH+]1CCN(c2ncnc3c2c(-c2ccccc2)cn3-c2ccc(F)cc2)CC1. The molecule has 6 heteroatoms. The number of nitrogens with one attached hydrogen (secondary N) is 1. The number of quaternary nitrogens is 1. The number of aromatic nitrogens is 3. The van der Waals surface area contributed by atoms with Crippen molar-refractivity contribution in [2.24, 2.45) is 0 Å². The first kappa shape index (κ1) is 18.8. The highest BCUT2D eigenvalue weighted by molar-refractivity contribution is 6.02. The Kier molecular flexibility index (Phi) is 4.93. The lowest BCUT2D eigenvalue weighted by Gasteiger charge is -2.32. The molecule has 4 aromatic rings. The smallest absolute Gasteiger partial charge is 0.150 e.